The summed E-state index contributed by atoms with van der Waals surface area (Å²) < 4.78 is 78.8. The summed E-state index contributed by atoms with van der Waals surface area (Å²) in [5, 5.41) is 9.91. The molecule has 2 radical (unpaired) electrons. The van der Waals surface area contributed by atoms with Gasteiger partial charge in [-0.2, -0.15) is 0 Å². The average molecular weight is 584 g/mol. The Hall–Kier alpha value is 0.505. The monoisotopic (exact) mass is 584 g/mol. The van der Waals surface area contributed by atoms with Crippen LogP contribution in [-0.2, 0) is 49.9 Å². The maximum absolute atomic E-state index is 12.2. The van der Waals surface area contributed by atoms with Gasteiger partial charge < -0.3 is 52.3 Å². The lowest BCUT2D eigenvalue weighted by atomic mass is 9.96. The molecule has 2 aliphatic rings. The van der Waals surface area contributed by atoms with Gasteiger partial charge in [0.2, 0.25) is 0 Å². The molecule has 2 aliphatic heterocycles. The van der Waals surface area contributed by atoms with Crippen molar-refractivity contribution < 1.29 is 74.6 Å². The number of rotatable bonds is 14. The molecule has 2 heterocycles. The molecule has 2 saturated heterocycles. The minimum Gasteiger partial charge on any atom is -0.778 e. The second kappa shape index (κ2) is 12.6. The molecule has 0 aromatic carbocycles. The molecule has 0 bridgehead atoms. The van der Waals surface area contributed by atoms with Gasteiger partial charge in [0.15, 0.2) is 0 Å². The lowest BCUT2D eigenvalue weighted by Gasteiger charge is -2.35. The van der Waals surface area contributed by atoms with Crippen molar-refractivity contribution in [2.45, 2.75) is 69.6 Å². The Kier molecular flexibility index (Phi) is 11.4. The first-order chi connectivity index (χ1) is 16.0. The molecule has 0 amide bonds. The van der Waals surface area contributed by atoms with E-state index in [1.807, 2.05) is 6.92 Å². The minimum atomic E-state index is -5.88. The Bertz CT molecular complexity index is 903. The van der Waals surface area contributed by atoms with Crippen LogP contribution in [-0.4, -0.2) is 68.9 Å². The summed E-state index contributed by atoms with van der Waals surface area (Å²) in [7, 11) is -16.0. The van der Waals surface area contributed by atoms with E-state index in [1.165, 1.54) is 0 Å². The van der Waals surface area contributed by atoms with Crippen molar-refractivity contribution in [3.05, 3.63) is 0 Å². The molecule has 2 rings (SSSR count). The number of aliphatic hydroxyl groups is 1. The minimum absolute atomic E-state index is 0.243. The third kappa shape index (κ3) is 10.7. The van der Waals surface area contributed by atoms with Crippen LogP contribution in [0.4, 0.5) is 0 Å². The zero-order valence-corrected chi connectivity index (χ0v) is 22.2. The molecule has 0 aromatic heterocycles. The van der Waals surface area contributed by atoms with Gasteiger partial charge in [-0.25, -0.2) is 4.31 Å². The molecule has 0 aliphatic carbocycles. The summed E-state index contributed by atoms with van der Waals surface area (Å²) in [5.41, 5.74) is 0. The highest BCUT2D eigenvalue weighted by Gasteiger charge is 2.39. The zero-order valence-electron chi connectivity index (χ0n) is 18.6. The van der Waals surface area contributed by atoms with Crippen molar-refractivity contribution >= 4 is 38.9 Å². The molecule has 21 heteroatoms. The summed E-state index contributed by atoms with van der Waals surface area (Å²) in [6.07, 6.45) is -5.03. The van der Waals surface area contributed by atoms with E-state index in [0.717, 1.165) is 6.92 Å². The standard InChI is InChI=1S/C14H29BO16P4/c1-3-9-5-10(16)12(27-9)7-25-33(19,20)29-11-6-14(15)28-13(11)8-26-34(21,22)31-35(23,24)30-32(17,18)4-2/h9-14,16H,3-8H2,1-2H3,(H,17,18)(H,19,20)(H,21,22)(H,23,24)/p-4/t9-,10-,11-,12+,13+,14+/m0/s1. The lowest BCUT2D eigenvalue weighted by molar-refractivity contribution is -0.246. The maximum atomic E-state index is 12.2. The number of hydrogen-bond acceptors (Lipinski definition) is 16. The van der Waals surface area contributed by atoms with Crippen LogP contribution in [0.2, 0.25) is 0 Å². The Morgan fingerprint density at radius 3 is 2.06 bits per heavy atom. The molecule has 204 valence electrons. The van der Waals surface area contributed by atoms with E-state index in [2.05, 4.69) is 13.1 Å². The second-order valence-corrected chi connectivity index (χ2v) is 14.2. The van der Waals surface area contributed by atoms with Crippen molar-refractivity contribution in [2.75, 3.05) is 19.4 Å². The van der Waals surface area contributed by atoms with E-state index in [1.54, 1.807) is 0 Å². The van der Waals surface area contributed by atoms with Crippen LogP contribution >= 0.6 is 31.1 Å². The van der Waals surface area contributed by atoms with Gasteiger partial charge >= 0.3 is 0 Å². The van der Waals surface area contributed by atoms with Crippen molar-refractivity contribution in [2.24, 2.45) is 0 Å². The van der Waals surface area contributed by atoms with E-state index >= 15 is 0 Å². The number of ether oxygens (including phenoxy) is 2. The first kappa shape index (κ1) is 31.7. The quantitative estimate of drug-likeness (QED) is 0.183. The van der Waals surface area contributed by atoms with E-state index < -0.39 is 80.9 Å². The summed E-state index contributed by atoms with van der Waals surface area (Å²) >= 11 is 0. The molecule has 16 nitrogen and oxygen atoms in total. The molecule has 10 atom stereocenters. The number of phosphoric ester groups is 2. The van der Waals surface area contributed by atoms with Crippen molar-refractivity contribution in [1.82, 2.24) is 0 Å². The fourth-order valence-corrected chi connectivity index (χ4v) is 7.64. The van der Waals surface area contributed by atoms with Crippen LogP contribution < -0.4 is 19.6 Å². The predicted octanol–water partition coefficient (Wildman–Crippen LogP) is -1.37. The highest BCUT2D eigenvalue weighted by molar-refractivity contribution is 7.66. The van der Waals surface area contributed by atoms with Crippen LogP contribution in [0.3, 0.4) is 0 Å². The molecular weight excluding hydrogens is 559 g/mol. The van der Waals surface area contributed by atoms with Crippen LogP contribution in [0, 0.1) is 0 Å². The third-order valence-electron chi connectivity index (χ3n) is 4.86. The van der Waals surface area contributed by atoms with Crippen LogP contribution in [0.1, 0.15) is 33.1 Å². The average Bonchev–Trinajstić information content (AvgIpc) is 3.24. The summed E-state index contributed by atoms with van der Waals surface area (Å²) in [6.45, 7) is 1.33. The molecule has 0 aromatic rings. The smallest absolute Gasteiger partial charge is 0.279 e. The predicted molar refractivity (Wildman–Crippen MR) is 109 cm³/mol. The fraction of sp³-hybridized carbons (Fsp3) is 1.00. The van der Waals surface area contributed by atoms with Crippen LogP contribution in [0.5, 0.6) is 0 Å². The van der Waals surface area contributed by atoms with Crippen LogP contribution in [0.15, 0.2) is 0 Å². The van der Waals surface area contributed by atoms with E-state index in [9.17, 15) is 42.9 Å². The van der Waals surface area contributed by atoms with Gasteiger partial charge in [0, 0.05) is 18.6 Å². The van der Waals surface area contributed by atoms with Gasteiger partial charge in [-0.3, -0.25) is 18.0 Å². The van der Waals surface area contributed by atoms with Gasteiger partial charge in [-0.15, -0.1) is 0 Å². The highest BCUT2D eigenvalue weighted by atomic mass is 31.3. The van der Waals surface area contributed by atoms with E-state index in [4.69, 9.17) is 26.4 Å². The maximum Gasteiger partial charge on any atom is 0.279 e. The molecular formula is C14H25BO16P4-4. The van der Waals surface area contributed by atoms with Crippen LogP contribution in [0.25, 0.3) is 0 Å². The summed E-state index contributed by atoms with van der Waals surface area (Å²) in [4.78, 5) is 46.8. The Balaban J connectivity index is 1.91. The second-order valence-electron chi connectivity index (χ2n) is 7.62. The first-order valence-electron chi connectivity index (χ1n) is 10.3. The highest BCUT2D eigenvalue weighted by Crippen LogP contribution is 2.62. The van der Waals surface area contributed by atoms with Gasteiger partial charge in [-0.05, 0) is 12.8 Å². The molecule has 0 saturated carbocycles. The number of phosphoric acid groups is 3. The van der Waals surface area contributed by atoms with Crippen molar-refractivity contribution in [3.8, 4) is 0 Å². The SMILES string of the molecule is [B][C@H]1C[C@H](OP(=O)([O-])OC[C@H]2O[C@@H](CC)C[C@@H]2O)[C@@H](COP(=O)([O-])OP(=O)([O-])OP(=O)([O-])CC)O1. The molecule has 4 unspecified atom stereocenters. The molecule has 0 spiro atoms. The van der Waals surface area contributed by atoms with E-state index in [0.29, 0.717) is 12.8 Å². The van der Waals surface area contributed by atoms with Crippen molar-refractivity contribution in [3.63, 3.8) is 0 Å². The van der Waals surface area contributed by atoms with Gasteiger partial charge in [-0.1, -0.05) is 13.8 Å². The van der Waals surface area contributed by atoms with Gasteiger partial charge in [0.05, 0.1) is 31.5 Å². The largest absolute Gasteiger partial charge is 0.778 e. The summed E-state index contributed by atoms with van der Waals surface area (Å²) in [6, 6.07) is -1.10. The Morgan fingerprint density at radius 2 is 1.49 bits per heavy atom. The molecule has 1 N–H and O–H groups in total. The van der Waals surface area contributed by atoms with Crippen molar-refractivity contribution in [1.29, 1.82) is 0 Å². The summed E-state index contributed by atoms with van der Waals surface area (Å²) in [5.74, 6) is 0. The first-order valence-corrected chi connectivity index (χ1v) is 16.5. The normalized spacial score (nSPS) is 36.2. The van der Waals surface area contributed by atoms with Gasteiger partial charge in [0.1, 0.15) is 27.6 Å². The van der Waals surface area contributed by atoms with E-state index in [-0.39, 0.29) is 12.5 Å². The van der Waals surface area contributed by atoms with Gasteiger partial charge in [0.25, 0.3) is 23.5 Å². The topological polar surface area (TPSA) is 245 Å². The molecule has 35 heavy (non-hydrogen) atoms. The Labute approximate surface area is 203 Å². The number of hydrogen-bond donors (Lipinski definition) is 1. The fourth-order valence-electron chi connectivity index (χ4n) is 3.13. The number of aliphatic hydroxyl groups excluding tert-OH is 1. The zero-order chi connectivity index (χ0) is 26.7. The third-order valence-corrected chi connectivity index (χ3v) is 10.5. The Morgan fingerprint density at radius 1 is 0.886 bits per heavy atom. The molecule has 2 fully saturated rings. The lowest BCUT2D eigenvalue weighted by Crippen LogP contribution is -2.32.